The third-order valence-corrected chi connectivity index (χ3v) is 3.25. The Morgan fingerprint density at radius 3 is 2.76 bits per heavy atom. The average molecular weight is 344 g/mol. The van der Waals surface area contributed by atoms with Crippen LogP contribution in [-0.2, 0) is 6.42 Å². The monoisotopic (exact) mass is 344 g/mol. The molecule has 17 heavy (non-hydrogen) atoms. The van der Waals surface area contributed by atoms with Crippen LogP contribution in [-0.4, -0.2) is 11.0 Å². The molecule has 4 heteroatoms. The predicted octanol–water partition coefficient (Wildman–Crippen LogP) is 3.18. The third kappa shape index (κ3) is 2.74. The normalized spacial score (nSPS) is 13.0. The molecule has 0 bridgehead atoms. The molecule has 0 aliphatic carbocycles. The highest BCUT2D eigenvalue weighted by atomic mass is 127. The van der Waals surface area contributed by atoms with Gasteiger partial charge in [0.05, 0.1) is 0 Å². The van der Waals surface area contributed by atoms with E-state index in [1.54, 1.807) is 0 Å². The Morgan fingerprint density at radius 1 is 1.41 bits per heavy atom. The first-order valence-corrected chi connectivity index (χ1v) is 6.56. The summed E-state index contributed by atoms with van der Waals surface area (Å²) in [6.45, 7) is 3.90. The molecular formula is C13H14FIN2. The van der Waals surface area contributed by atoms with Gasteiger partial charge in [-0.05, 0) is 60.2 Å². The molecule has 1 atom stereocenters. The molecule has 1 aromatic carbocycles. The van der Waals surface area contributed by atoms with Crippen molar-refractivity contribution in [1.82, 2.24) is 4.98 Å². The Kier molecular flexibility index (Phi) is 3.63. The predicted molar refractivity (Wildman–Crippen MR) is 76.5 cm³/mol. The molecule has 1 heterocycles. The number of rotatable bonds is 2. The first-order valence-electron chi connectivity index (χ1n) is 5.48. The van der Waals surface area contributed by atoms with Gasteiger partial charge in [0.25, 0.3) is 0 Å². The quantitative estimate of drug-likeness (QED) is 0.850. The van der Waals surface area contributed by atoms with E-state index in [1.165, 1.54) is 6.07 Å². The summed E-state index contributed by atoms with van der Waals surface area (Å²) in [5.41, 5.74) is 8.09. The summed E-state index contributed by atoms with van der Waals surface area (Å²) in [6, 6.07) is 5.48. The lowest BCUT2D eigenvalue weighted by Gasteiger charge is -2.09. The summed E-state index contributed by atoms with van der Waals surface area (Å²) in [5.74, 6) is -0.262. The van der Waals surface area contributed by atoms with Crippen LogP contribution >= 0.6 is 22.6 Å². The van der Waals surface area contributed by atoms with Crippen LogP contribution in [0, 0.1) is 16.3 Å². The van der Waals surface area contributed by atoms with Crippen molar-refractivity contribution in [3.8, 4) is 0 Å². The second-order valence-electron chi connectivity index (χ2n) is 4.40. The van der Waals surface area contributed by atoms with Gasteiger partial charge in [-0.25, -0.2) is 9.37 Å². The molecule has 0 radical (unpaired) electrons. The fourth-order valence-corrected chi connectivity index (χ4v) is 2.50. The van der Waals surface area contributed by atoms with Crippen molar-refractivity contribution in [2.24, 2.45) is 5.73 Å². The smallest absolute Gasteiger partial charge is 0.150 e. The summed E-state index contributed by atoms with van der Waals surface area (Å²) >= 11 is 2.11. The SMILES string of the molecule is Cc1cc(CC(C)N)nc2c(F)cc(I)cc12. The van der Waals surface area contributed by atoms with Crippen LogP contribution in [0.25, 0.3) is 10.9 Å². The summed E-state index contributed by atoms with van der Waals surface area (Å²) in [7, 11) is 0. The maximum atomic E-state index is 13.8. The van der Waals surface area contributed by atoms with Gasteiger partial charge in [0.15, 0.2) is 0 Å². The van der Waals surface area contributed by atoms with E-state index in [2.05, 4.69) is 27.6 Å². The van der Waals surface area contributed by atoms with Crippen molar-refractivity contribution in [2.45, 2.75) is 26.3 Å². The Morgan fingerprint density at radius 2 is 2.12 bits per heavy atom. The highest BCUT2D eigenvalue weighted by molar-refractivity contribution is 14.1. The van der Waals surface area contributed by atoms with E-state index in [-0.39, 0.29) is 11.9 Å². The van der Waals surface area contributed by atoms with Gasteiger partial charge in [-0.2, -0.15) is 0 Å². The lowest BCUT2D eigenvalue weighted by Crippen LogP contribution is -2.18. The number of nitrogens with zero attached hydrogens (tertiary/aromatic N) is 1. The summed E-state index contributed by atoms with van der Waals surface area (Å²) in [6.07, 6.45) is 0.669. The number of nitrogens with two attached hydrogens (primary N) is 1. The molecule has 0 saturated heterocycles. The molecule has 0 fully saturated rings. The highest BCUT2D eigenvalue weighted by Crippen LogP contribution is 2.23. The number of benzene rings is 1. The topological polar surface area (TPSA) is 38.9 Å². The Balaban J connectivity index is 2.64. The fourth-order valence-electron chi connectivity index (χ4n) is 1.92. The summed E-state index contributed by atoms with van der Waals surface area (Å²) < 4.78 is 14.7. The Bertz CT molecular complexity index is 567. The zero-order valence-electron chi connectivity index (χ0n) is 9.80. The van der Waals surface area contributed by atoms with Crippen molar-refractivity contribution < 1.29 is 4.39 Å². The second kappa shape index (κ2) is 4.86. The van der Waals surface area contributed by atoms with Crippen molar-refractivity contribution in [3.63, 3.8) is 0 Å². The van der Waals surface area contributed by atoms with Gasteiger partial charge in [0.1, 0.15) is 11.3 Å². The third-order valence-electron chi connectivity index (χ3n) is 2.62. The van der Waals surface area contributed by atoms with Gasteiger partial charge in [0.2, 0.25) is 0 Å². The number of aryl methyl sites for hydroxylation is 1. The zero-order valence-corrected chi connectivity index (χ0v) is 12.0. The van der Waals surface area contributed by atoms with Crippen LogP contribution in [0.1, 0.15) is 18.2 Å². The number of pyridine rings is 1. The average Bonchev–Trinajstić information content (AvgIpc) is 2.19. The van der Waals surface area contributed by atoms with Crippen LogP contribution < -0.4 is 5.73 Å². The first kappa shape index (κ1) is 12.7. The summed E-state index contributed by atoms with van der Waals surface area (Å²) in [5, 5.41) is 0.878. The van der Waals surface area contributed by atoms with E-state index >= 15 is 0 Å². The zero-order chi connectivity index (χ0) is 12.6. The molecule has 0 spiro atoms. The first-order chi connectivity index (χ1) is 7.97. The summed E-state index contributed by atoms with van der Waals surface area (Å²) in [4.78, 5) is 4.36. The largest absolute Gasteiger partial charge is 0.328 e. The lowest BCUT2D eigenvalue weighted by atomic mass is 10.1. The Hall–Kier alpha value is -0.750. The molecule has 0 aliphatic rings. The van der Waals surface area contributed by atoms with Crippen LogP contribution in [0.5, 0.6) is 0 Å². The minimum absolute atomic E-state index is 0.0336. The van der Waals surface area contributed by atoms with Crippen molar-refractivity contribution in [1.29, 1.82) is 0 Å². The van der Waals surface area contributed by atoms with Gasteiger partial charge in [-0.15, -0.1) is 0 Å². The lowest BCUT2D eigenvalue weighted by molar-refractivity contribution is 0.634. The number of hydrogen-bond acceptors (Lipinski definition) is 2. The second-order valence-corrected chi connectivity index (χ2v) is 5.64. The molecule has 1 unspecified atom stereocenters. The van der Waals surface area contributed by atoms with E-state index in [4.69, 9.17) is 5.73 Å². The van der Waals surface area contributed by atoms with E-state index in [1.807, 2.05) is 26.0 Å². The molecule has 2 aromatic rings. The van der Waals surface area contributed by atoms with Gasteiger partial charge in [0, 0.05) is 27.1 Å². The van der Waals surface area contributed by atoms with E-state index in [9.17, 15) is 4.39 Å². The van der Waals surface area contributed by atoms with E-state index < -0.39 is 0 Å². The fraction of sp³-hybridized carbons (Fsp3) is 0.308. The standard InChI is InChI=1S/C13H14FIN2/c1-7-3-10(4-8(2)16)17-13-11(7)5-9(15)6-12(13)14/h3,5-6,8H,4,16H2,1-2H3. The highest BCUT2D eigenvalue weighted by Gasteiger charge is 2.09. The molecule has 90 valence electrons. The molecule has 2 rings (SSSR count). The van der Waals surface area contributed by atoms with E-state index in [0.717, 1.165) is 20.2 Å². The van der Waals surface area contributed by atoms with Gasteiger partial charge >= 0.3 is 0 Å². The molecule has 0 aliphatic heterocycles. The maximum Gasteiger partial charge on any atom is 0.150 e. The van der Waals surface area contributed by atoms with Crippen molar-refractivity contribution >= 4 is 33.5 Å². The van der Waals surface area contributed by atoms with Gasteiger partial charge < -0.3 is 5.73 Å². The van der Waals surface area contributed by atoms with Crippen LogP contribution in [0.15, 0.2) is 18.2 Å². The molecular weight excluding hydrogens is 330 g/mol. The van der Waals surface area contributed by atoms with Crippen LogP contribution in [0.2, 0.25) is 0 Å². The minimum atomic E-state index is -0.262. The minimum Gasteiger partial charge on any atom is -0.328 e. The molecule has 2 N–H and O–H groups in total. The molecule has 1 aromatic heterocycles. The van der Waals surface area contributed by atoms with Gasteiger partial charge in [-0.1, -0.05) is 0 Å². The number of hydrogen-bond donors (Lipinski definition) is 1. The van der Waals surface area contributed by atoms with Crippen molar-refractivity contribution in [3.05, 3.63) is 38.8 Å². The van der Waals surface area contributed by atoms with Gasteiger partial charge in [-0.3, -0.25) is 0 Å². The molecule has 2 nitrogen and oxygen atoms in total. The number of fused-ring (bicyclic) bond motifs is 1. The Labute approximate surface area is 114 Å². The van der Waals surface area contributed by atoms with E-state index in [0.29, 0.717) is 11.9 Å². The van der Waals surface area contributed by atoms with Crippen LogP contribution in [0.3, 0.4) is 0 Å². The molecule has 0 amide bonds. The van der Waals surface area contributed by atoms with Crippen molar-refractivity contribution in [2.75, 3.05) is 0 Å². The molecule has 0 saturated carbocycles. The number of halogens is 2. The maximum absolute atomic E-state index is 13.8. The van der Waals surface area contributed by atoms with Crippen LogP contribution in [0.4, 0.5) is 4.39 Å². The number of aromatic nitrogens is 1.